The van der Waals surface area contributed by atoms with Gasteiger partial charge >= 0.3 is 5.97 Å². The summed E-state index contributed by atoms with van der Waals surface area (Å²) in [5.41, 5.74) is 0.0698. The van der Waals surface area contributed by atoms with Crippen LogP contribution >= 0.6 is 11.6 Å². The second kappa shape index (κ2) is 8.83. The van der Waals surface area contributed by atoms with E-state index in [-0.39, 0.29) is 11.8 Å². The maximum atomic E-state index is 12.7. The molecule has 0 radical (unpaired) electrons. The predicted molar refractivity (Wildman–Crippen MR) is 117 cm³/mol. The van der Waals surface area contributed by atoms with Crippen molar-refractivity contribution in [3.8, 4) is 5.75 Å². The molecule has 2 aromatic rings. The van der Waals surface area contributed by atoms with Crippen LogP contribution in [0, 0.1) is 0 Å². The number of piperidine rings is 1. The van der Waals surface area contributed by atoms with E-state index < -0.39 is 11.7 Å². The number of anilines is 1. The Kier molecular flexibility index (Phi) is 6.14. The van der Waals surface area contributed by atoms with Crippen molar-refractivity contribution >= 4 is 29.2 Å². The minimum atomic E-state index is -0.502. The highest BCUT2D eigenvalue weighted by molar-refractivity contribution is 6.31. The molecule has 0 amide bonds. The van der Waals surface area contributed by atoms with Gasteiger partial charge in [-0.05, 0) is 37.6 Å². The summed E-state index contributed by atoms with van der Waals surface area (Å²) in [6, 6.07) is 7.06. The van der Waals surface area contributed by atoms with Gasteiger partial charge in [0.05, 0.1) is 12.0 Å². The number of nitrogens with zero attached hydrogens (tertiary/aromatic N) is 3. The lowest BCUT2D eigenvalue weighted by molar-refractivity contribution is -0.149. The minimum Gasteiger partial charge on any atom is -0.486 e. The lowest BCUT2D eigenvalue weighted by Gasteiger charge is -2.44. The second-order valence-electron chi connectivity index (χ2n) is 8.17. The summed E-state index contributed by atoms with van der Waals surface area (Å²) in [6.07, 6.45) is 4.08. The van der Waals surface area contributed by atoms with E-state index >= 15 is 0 Å². The predicted octanol–water partition coefficient (Wildman–Crippen LogP) is 4.54. The van der Waals surface area contributed by atoms with Crippen molar-refractivity contribution in [2.45, 2.75) is 57.7 Å². The van der Waals surface area contributed by atoms with Crippen molar-refractivity contribution in [1.82, 2.24) is 9.97 Å². The molecule has 1 atom stereocenters. The fourth-order valence-electron chi connectivity index (χ4n) is 4.14. The molecule has 4 rings (SSSR count). The molecule has 7 nitrogen and oxygen atoms in total. The number of hydrogen-bond acceptors (Lipinski definition) is 7. The van der Waals surface area contributed by atoms with Crippen LogP contribution < -0.4 is 9.64 Å². The Morgan fingerprint density at radius 2 is 2.10 bits per heavy atom. The van der Waals surface area contributed by atoms with Crippen molar-refractivity contribution in [2.24, 2.45) is 0 Å². The molecule has 1 aromatic heterocycles. The van der Waals surface area contributed by atoms with Gasteiger partial charge in [0.1, 0.15) is 17.2 Å². The zero-order valence-corrected chi connectivity index (χ0v) is 18.5. The molecule has 164 valence electrons. The Morgan fingerprint density at radius 3 is 2.84 bits per heavy atom. The molecule has 1 aromatic carbocycles. The highest BCUT2D eigenvalue weighted by Crippen LogP contribution is 2.40. The third-order valence-corrected chi connectivity index (χ3v) is 6.07. The SMILES string of the molecule is CCCC(=O)O[C@H](C)c1nccc(N2CCC3(CC2)CC(=O)c2cc(Cl)ccc2O3)n1. The van der Waals surface area contributed by atoms with Crippen LogP contribution in [0.25, 0.3) is 0 Å². The lowest BCUT2D eigenvalue weighted by atomic mass is 9.82. The van der Waals surface area contributed by atoms with Crippen LogP contribution in [0.2, 0.25) is 5.02 Å². The molecule has 0 saturated carbocycles. The van der Waals surface area contributed by atoms with Gasteiger partial charge in [0.15, 0.2) is 17.7 Å². The first kappa shape index (κ1) is 21.6. The molecule has 1 spiro atoms. The highest BCUT2D eigenvalue weighted by Gasteiger charge is 2.43. The average Bonchev–Trinajstić information content (AvgIpc) is 2.75. The van der Waals surface area contributed by atoms with Crippen molar-refractivity contribution < 1.29 is 19.1 Å². The quantitative estimate of drug-likeness (QED) is 0.627. The van der Waals surface area contributed by atoms with E-state index in [4.69, 9.17) is 21.1 Å². The molecule has 0 aliphatic carbocycles. The first-order chi connectivity index (χ1) is 14.9. The number of aromatic nitrogens is 2. The third kappa shape index (κ3) is 4.66. The molecule has 31 heavy (non-hydrogen) atoms. The average molecular weight is 444 g/mol. The minimum absolute atomic E-state index is 0.0734. The number of rotatable bonds is 5. The van der Waals surface area contributed by atoms with Gasteiger partial charge in [-0.25, -0.2) is 9.97 Å². The number of halogens is 1. The van der Waals surface area contributed by atoms with Gasteiger partial charge in [0.25, 0.3) is 0 Å². The number of carbonyl (C=O) groups excluding carboxylic acids is 2. The Morgan fingerprint density at radius 1 is 1.32 bits per heavy atom. The van der Waals surface area contributed by atoms with E-state index in [2.05, 4.69) is 14.9 Å². The normalized spacial score (nSPS) is 18.3. The van der Waals surface area contributed by atoms with Crippen LogP contribution in [-0.2, 0) is 9.53 Å². The molecular formula is C23H26ClN3O4. The molecule has 0 bridgehead atoms. The summed E-state index contributed by atoms with van der Waals surface area (Å²) in [5, 5.41) is 0.538. The van der Waals surface area contributed by atoms with Crippen molar-refractivity contribution in [3.05, 3.63) is 46.9 Å². The van der Waals surface area contributed by atoms with Crippen LogP contribution in [0.1, 0.15) is 68.2 Å². The highest BCUT2D eigenvalue weighted by atomic mass is 35.5. The van der Waals surface area contributed by atoms with E-state index in [0.717, 1.165) is 12.2 Å². The molecule has 1 fully saturated rings. The molecule has 8 heteroatoms. The van der Waals surface area contributed by atoms with Crippen LogP contribution in [-0.4, -0.2) is 40.4 Å². The van der Waals surface area contributed by atoms with E-state index in [9.17, 15) is 9.59 Å². The summed E-state index contributed by atoms with van der Waals surface area (Å²) in [4.78, 5) is 35.5. The summed E-state index contributed by atoms with van der Waals surface area (Å²) in [5.74, 6) is 1.71. The number of fused-ring (bicyclic) bond motifs is 1. The van der Waals surface area contributed by atoms with Gasteiger partial charge in [0, 0.05) is 43.6 Å². The van der Waals surface area contributed by atoms with Gasteiger partial charge < -0.3 is 14.4 Å². The largest absolute Gasteiger partial charge is 0.486 e. The van der Waals surface area contributed by atoms with Gasteiger partial charge in [-0.1, -0.05) is 18.5 Å². The molecule has 2 aliphatic heterocycles. The Hall–Kier alpha value is -2.67. The number of benzene rings is 1. The molecule has 0 N–H and O–H groups in total. The second-order valence-corrected chi connectivity index (χ2v) is 8.60. The van der Waals surface area contributed by atoms with E-state index in [0.29, 0.717) is 60.9 Å². The topological polar surface area (TPSA) is 81.6 Å². The van der Waals surface area contributed by atoms with Crippen LogP contribution in [0.15, 0.2) is 30.5 Å². The Bertz CT molecular complexity index is 989. The summed E-state index contributed by atoms with van der Waals surface area (Å²) in [7, 11) is 0. The van der Waals surface area contributed by atoms with Gasteiger partial charge in [-0.2, -0.15) is 0 Å². The Labute approximate surface area is 186 Å². The molecule has 3 heterocycles. The summed E-state index contributed by atoms with van der Waals surface area (Å²) in [6.45, 7) is 5.12. The van der Waals surface area contributed by atoms with Gasteiger partial charge in [0.2, 0.25) is 0 Å². The number of ether oxygens (including phenoxy) is 2. The molecule has 2 aliphatic rings. The molecule has 0 unspecified atom stereocenters. The maximum Gasteiger partial charge on any atom is 0.306 e. The zero-order valence-electron chi connectivity index (χ0n) is 17.8. The monoisotopic (exact) mass is 443 g/mol. The molecular weight excluding hydrogens is 418 g/mol. The van der Waals surface area contributed by atoms with Crippen molar-refractivity contribution in [2.75, 3.05) is 18.0 Å². The fraction of sp³-hybridized carbons (Fsp3) is 0.478. The number of esters is 1. The summed E-state index contributed by atoms with van der Waals surface area (Å²) >= 11 is 6.03. The Balaban J connectivity index is 1.43. The first-order valence-electron chi connectivity index (χ1n) is 10.7. The lowest BCUT2D eigenvalue weighted by Crippen LogP contribution is -2.51. The smallest absolute Gasteiger partial charge is 0.306 e. The van der Waals surface area contributed by atoms with Crippen LogP contribution in [0.3, 0.4) is 0 Å². The van der Waals surface area contributed by atoms with Crippen LogP contribution in [0.5, 0.6) is 5.75 Å². The number of Topliss-reactive ketones (excluding diaryl/α,β-unsaturated/α-hetero) is 1. The number of hydrogen-bond donors (Lipinski definition) is 0. The van der Waals surface area contributed by atoms with Gasteiger partial charge in [-0.3, -0.25) is 9.59 Å². The van der Waals surface area contributed by atoms with Crippen molar-refractivity contribution in [3.63, 3.8) is 0 Å². The zero-order chi connectivity index (χ0) is 22.0. The first-order valence-corrected chi connectivity index (χ1v) is 11.1. The standard InChI is InChI=1S/C23H26ClN3O4/c1-3-4-21(29)30-15(2)22-25-10-7-20(26-22)27-11-8-23(9-12-27)14-18(28)17-13-16(24)5-6-19(17)31-23/h5-7,10,13,15H,3-4,8-9,11-12,14H2,1-2H3/t15-/m1/s1. The van der Waals surface area contributed by atoms with Gasteiger partial charge in [-0.15, -0.1) is 0 Å². The number of carbonyl (C=O) groups is 2. The van der Waals surface area contributed by atoms with Crippen molar-refractivity contribution in [1.29, 1.82) is 0 Å². The fourth-order valence-corrected chi connectivity index (χ4v) is 4.31. The van der Waals surface area contributed by atoms with E-state index in [1.165, 1.54) is 0 Å². The van der Waals surface area contributed by atoms with Crippen LogP contribution in [0.4, 0.5) is 5.82 Å². The molecule has 1 saturated heterocycles. The van der Waals surface area contributed by atoms with E-state index in [1.54, 1.807) is 31.3 Å². The summed E-state index contributed by atoms with van der Waals surface area (Å²) < 4.78 is 11.7. The van der Waals surface area contributed by atoms with E-state index in [1.807, 2.05) is 13.0 Å². The number of ketones is 1. The maximum absolute atomic E-state index is 12.7. The third-order valence-electron chi connectivity index (χ3n) is 5.84.